The van der Waals surface area contributed by atoms with Crippen LogP contribution >= 0.6 is 0 Å². The first-order valence-electron chi connectivity index (χ1n) is 21.1. The normalized spacial score (nSPS) is 14.9. The summed E-state index contributed by atoms with van der Waals surface area (Å²) in [6.45, 7) is 18.8. The average Bonchev–Trinajstić information content (AvgIpc) is 3.21. The molecule has 1 unspecified atom stereocenters. The zero-order valence-electron chi connectivity index (χ0n) is 35.4. The molecule has 0 saturated heterocycles. The Morgan fingerprint density at radius 2 is 1.43 bits per heavy atom. The highest BCUT2D eigenvalue weighted by molar-refractivity contribution is 7.85. The summed E-state index contributed by atoms with van der Waals surface area (Å²) in [5, 5.41) is 11.8. The Balaban J connectivity index is 0.000000242. The number of allylic oxidation sites excluding steroid dienone is 1. The highest BCUT2D eigenvalue weighted by Crippen LogP contribution is 2.47. The summed E-state index contributed by atoms with van der Waals surface area (Å²) in [6.07, 6.45) is 14.5. The van der Waals surface area contributed by atoms with Gasteiger partial charge in [0.05, 0.1) is 16.5 Å². The summed E-state index contributed by atoms with van der Waals surface area (Å²) in [5.74, 6) is 0.639. The minimum atomic E-state index is -4.38. The molecule has 9 heteroatoms. The van der Waals surface area contributed by atoms with Crippen molar-refractivity contribution in [3.63, 3.8) is 0 Å². The van der Waals surface area contributed by atoms with Crippen LogP contribution in [0.3, 0.4) is 0 Å². The Labute approximate surface area is 346 Å². The molecular weight excluding hydrogens is 745 g/mol. The lowest BCUT2D eigenvalue weighted by atomic mass is 9.83. The van der Waals surface area contributed by atoms with Crippen molar-refractivity contribution in [3.05, 3.63) is 130 Å². The van der Waals surface area contributed by atoms with Gasteiger partial charge in [-0.1, -0.05) is 107 Å². The Morgan fingerprint density at radius 1 is 0.776 bits per heavy atom. The number of unbranched alkanes of at least 4 members (excludes halogenated alkanes) is 6. The summed E-state index contributed by atoms with van der Waals surface area (Å²) in [7, 11) is -4.38. The summed E-state index contributed by atoms with van der Waals surface area (Å²) in [4.78, 5) is 16.8. The highest BCUT2D eigenvalue weighted by Gasteiger charge is 2.32. The molecule has 4 aromatic rings. The molecule has 1 atom stereocenters. The van der Waals surface area contributed by atoms with Gasteiger partial charge in [-0.15, -0.1) is 0 Å². The number of carbonyl (C=O) groups is 1. The molecule has 2 aliphatic rings. The van der Waals surface area contributed by atoms with Gasteiger partial charge in [-0.25, -0.2) is 13.2 Å². The van der Waals surface area contributed by atoms with Gasteiger partial charge in [0.1, 0.15) is 21.6 Å². The van der Waals surface area contributed by atoms with Crippen LogP contribution in [-0.2, 0) is 16.5 Å². The lowest BCUT2D eigenvalue weighted by Gasteiger charge is -2.35. The van der Waals surface area contributed by atoms with Gasteiger partial charge < -0.3 is 19.3 Å². The first-order chi connectivity index (χ1) is 27.8. The number of carboxylic acid groups (broad SMARTS) is 1. The Morgan fingerprint density at radius 3 is 2.09 bits per heavy atom. The van der Waals surface area contributed by atoms with E-state index < -0.39 is 16.1 Å². The topological polar surface area (TPSA) is 110 Å². The predicted molar refractivity (Wildman–Crippen MR) is 237 cm³/mol. The zero-order valence-corrected chi connectivity index (χ0v) is 36.3. The molecule has 0 bridgehead atoms. The number of anilines is 1. The van der Waals surface area contributed by atoms with Crippen molar-refractivity contribution < 1.29 is 27.6 Å². The maximum atomic E-state index is 12.2. The second kappa shape index (κ2) is 20.3. The molecule has 1 aliphatic carbocycles. The number of ether oxygens (including phenoxy) is 1. The quantitative estimate of drug-likeness (QED) is 0.0830. The second-order valence-electron chi connectivity index (χ2n) is 15.3. The van der Waals surface area contributed by atoms with Crippen molar-refractivity contribution in [3.8, 4) is 5.75 Å². The number of rotatable bonds is 17. The minimum absolute atomic E-state index is 0.147. The van der Waals surface area contributed by atoms with E-state index in [1.165, 1.54) is 68.2 Å². The van der Waals surface area contributed by atoms with Crippen LogP contribution in [0.4, 0.5) is 5.69 Å². The highest BCUT2D eigenvalue weighted by atomic mass is 32.2. The van der Waals surface area contributed by atoms with Gasteiger partial charge >= 0.3 is 5.97 Å². The standard InChI is InChI=1S/C30H36N2O3.C19H26O3S/c1-7-31(8-2)25-17-27-23(15-19(25)5)29(21-13-11-12-14-22(21)30(33)34)24-16-20(6)26(18-28(24)35-27)32(9-3)10-4;1-2-3-4-5-6-7-8-9-16-10-11-18-15-19(23(20,21)22)13-12-17(18)14-16/h11-18,25H,7-10H2,1-6H3,(H,33,34);10-15H,2-9H2,1H3,(H,20,21,22)/p-1. The molecule has 0 saturated carbocycles. The zero-order chi connectivity index (χ0) is 42.0. The fourth-order valence-electron chi connectivity index (χ4n) is 8.22. The number of aryl methyl sites for hydroxylation is 2. The molecular formula is C49H61N2O6S-. The van der Waals surface area contributed by atoms with E-state index >= 15 is 0 Å². The fraction of sp³-hybridized carbons (Fsp3) is 0.408. The lowest BCUT2D eigenvalue weighted by molar-refractivity contribution is 0.0696. The van der Waals surface area contributed by atoms with Gasteiger partial charge in [0.2, 0.25) is 0 Å². The number of benzene rings is 4. The number of nitrogens with zero attached hydrogens (tertiary/aromatic N) is 2. The van der Waals surface area contributed by atoms with E-state index in [1.54, 1.807) is 18.2 Å². The summed E-state index contributed by atoms with van der Waals surface area (Å²) < 4.78 is 39.8. The van der Waals surface area contributed by atoms with Crippen molar-refractivity contribution in [2.24, 2.45) is 0 Å². The number of fused-ring (bicyclic) bond motifs is 3. The van der Waals surface area contributed by atoms with Crippen molar-refractivity contribution in [1.29, 1.82) is 0 Å². The molecule has 0 amide bonds. The van der Waals surface area contributed by atoms with Gasteiger partial charge in [0.25, 0.3) is 0 Å². The Bertz CT molecular complexity index is 2280. The van der Waals surface area contributed by atoms with Crippen molar-refractivity contribution in [2.45, 2.75) is 111 Å². The Hall–Kier alpha value is -4.70. The molecule has 0 radical (unpaired) electrons. The smallest absolute Gasteiger partial charge is 0.336 e. The third kappa shape index (κ3) is 10.5. The summed E-state index contributed by atoms with van der Waals surface area (Å²) in [6, 6.07) is 22.3. The summed E-state index contributed by atoms with van der Waals surface area (Å²) >= 11 is 0. The van der Waals surface area contributed by atoms with Crippen LogP contribution in [0.5, 0.6) is 5.75 Å². The van der Waals surface area contributed by atoms with E-state index in [4.69, 9.17) is 4.74 Å². The first kappa shape index (κ1) is 44.4. The molecule has 310 valence electrons. The molecule has 1 heterocycles. The van der Waals surface area contributed by atoms with Crippen molar-refractivity contribution in [2.75, 3.05) is 31.1 Å². The first-order valence-corrected chi connectivity index (χ1v) is 22.5. The largest absolute Gasteiger partial charge is 0.744 e. The van der Waals surface area contributed by atoms with Crippen molar-refractivity contribution >= 4 is 38.1 Å². The molecule has 0 aromatic heterocycles. The van der Waals surface area contributed by atoms with Gasteiger partial charge in [0, 0.05) is 41.6 Å². The molecule has 0 fully saturated rings. The minimum Gasteiger partial charge on any atom is -0.744 e. The predicted octanol–water partition coefficient (Wildman–Crippen LogP) is 11.3. The monoisotopic (exact) mass is 805 g/mol. The molecule has 1 aliphatic heterocycles. The number of hydrogen-bond acceptors (Lipinski definition) is 7. The van der Waals surface area contributed by atoms with E-state index in [1.807, 2.05) is 24.3 Å². The molecule has 1 N–H and O–H groups in total. The number of hydrogen-bond donors (Lipinski definition) is 1. The molecule has 6 rings (SSSR count). The van der Waals surface area contributed by atoms with Gasteiger partial charge in [-0.3, -0.25) is 4.90 Å². The van der Waals surface area contributed by atoms with Crippen LogP contribution in [0.25, 0.3) is 16.3 Å². The Kier molecular flexibility index (Phi) is 15.6. The maximum absolute atomic E-state index is 12.2. The van der Waals surface area contributed by atoms with E-state index in [0.29, 0.717) is 11.1 Å². The third-order valence-electron chi connectivity index (χ3n) is 11.4. The maximum Gasteiger partial charge on any atom is 0.336 e. The molecule has 0 spiro atoms. The molecule has 8 nitrogen and oxygen atoms in total. The van der Waals surface area contributed by atoms with Crippen LogP contribution < -0.4 is 9.64 Å². The average molecular weight is 806 g/mol. The van der Waals surface area contributed by atoms with Crippen molar-refractivity contribution in [1.82, 2.24) is 4.90 Å². The number of likely N-dealkylation sites (N-methyl/N-ethyl adjacent to an activating group) is 1. The second-order valence-corrected chi connectivity index (χ2v) is 16.7. The fourth-order valence-corrected chi connectivity index (χ4v) is 8.72. The molecule has 58 heavy (non-hydrogen) atoms. The van der Waals surface area contributed by atoms with Crippen LogP contribution in [0.2, 0.25) is 0 Å². The van der Waals surface area contributed by atoms with Gasteiger partial charge in [-0.05, 0) is 118 Å². The third-order valence-corrected chi connectivity index (χ3v) is 12.3. The van der Waals surface area contributed by atoms with E-state index in [9.17, 15) is 22.9 Å². The van der Waals surface area contributed by atoms with E-state index in [2.05, 4.69) is 88.6 Å². The van der Waals surface area contributed by atoms with Gasteiger partial charge in [-0.2, -0.15) is 0 Å². The van der Waals surface area contributed by atoms with Crippen LogP contribution in [0.15, 0.2) is 107 Å². The van der Waals surface area contributed by atoms with Gasteiger partial charge in [0.15, 0.2) is 0 Å². The van der Waals surface area contributed by atoms with Crippen LogP contribution in [0.1, 0.15) is 119 Å². The van der Waals surface area contributed by atoms with E-state index in [-0.39, 0.29) is 10.9 Å². The number of aromatic carboxylic acids is 1. The van der Waals surface area contributed by atoms with E-state index in [0.717, 1.165) is 82.8 Å². The van der Waals surface area contributed by atoms with Crippen LogP contribution in [-0.4, -0.2) is 61.2 Å². The summed E-state index contributed by atoms with van der Waals surface area (Å²) in [5.41, 5.74) is 8.59. The van der Waals surface area contributed by atoms with Crippen LogP contribution in [0, 0.1) is 6.92 Å². The molecule has 4 aromatic carbocycles. The number of carboxylic acids is 1. The SMILES string of the molecule is CCCCCCCCCc1ccc2cc(S(=O)(=O)[O-])ccc2c1.CCN(CC)c1cc2c(cc1C)C(c1ccccc1C(=O)O)=C1C=C(C)C(N(CC)CC)C=C1O2. The lowest BCUT2D eigenvalue weighted by Crippen LogP contribution is -2.36.